The average molecular weight is 405 g/mol. The maximum atomic E-state index is 11.2. The first-order valence-corrected chi connectivity index (χ1v) is 9.61. The molecule has 0 N–H and O–H groups in total. The number of carbonyl (C=O) groups is 3. The van der Waals surface area contributed by atoms with Crippen molar-refractivity contribution in [2.75, 3.05) is 11.5 Å². The second kappa shape index (κ2) is 14.3. The molecule has 0 fully saturated rings. The molecular formula is C25H27NO4. The Morgan fingerprint density at radius 2 is 1.47 bits per heavy atom. The smallest absolute Gasteiger partial charge is 0.330 e. The van der Waals surface area contributed by atoms with E-state index in [4.69, 9.17) is 0 Å². The van der Waals surface area contributed by atoms with E-state index in [1.165, 1.54) is 23.8 Å². The van der Waals surface area contributed by atoms with Crippen LogP contribution in [0.5, 0.6) is 0 Å². The maximum Gasteiger partial charge on any atom is 0.330 e. The van der Waals surface area contributed by atoms with Gasteiger partial charge in [-0.1, -0.05) is 81.1 Å². The van der Waals surface area contributed by atoms with Gasteiger partial charge in [-0.05, 0) is 24.1 Å². The van der Waals surface area contributed by atoms with Crippen LogP contribution in [-0.2, 0) is 19.1 Å². The molecule has 2 aromatic rings. The van der Waals surface area contributed by atoms with Gasteiger partial charge in [-0.2, -0.15) is 0 Å². The van der Waals surface area contributed by atoms with E-state index >= 15 is 0 Å². The third-order valence-corrected chi connectivity index (χ3v) is 3.77. The van der Waals surface area contributed by atoms with Crippen molar-refractivity contribution in [2.24, 2.45) is 0 Å². The predicted octanol–water partition coefficient (Wildman–Crippen LogP) is 4.96. The van der Waals surface area contributed by atoms with Crippen molar-refractivity contribution in [3.63, 3.8) is 0 Å². The Balaban J connectivity index is 0.000000235. The standard InChI is InChI=1S/C10H7NO2.C8H8.C7H12O2/c12-9-6-7-10(13)11(9)8-4-2-1-3-5-8;1-2-8-6-4-3-5-7-8;1-3-5-6-9-7(8)4-2/h1-7H;2-7H,1H2;4H,2-3,5-6H2,1H3. The summed E-state index contributed by atoms with van der Waals surface area (Å²) in [6.07, 6.45) is 7.53. The minimum atomic E-state index is -0.330. The lowest BCUT2D eigenvalue weighted by molar-refractivity contribution is -0.137. The number of ether oxygens (including phenoxy) is 1. The van der Waals surface area contributed by atoms with Gasteiger partial charge in [-0.3, -0.25) is 9.59 Å². The second-order valence-corrected chi connectivity index (χ2v) is 6.02. The zero-order valence-corrected chi connectivity index (χ0v) is 17.2. The zero-order valence-electron chi connectivity index (χ0n) is 17.2. The van der Waals surface area contributed by atoms with Crippen molar-refractivity contribution in [1.82, 2.24) is 0 Å². The van der Waals surface area contributed by atoms with E-state index in [0.29, 0.717) is 12.3 Å². The van der Waals surface area contributed by atoms with Crippen LogP contribution in [-0.4, -0.2) is 24.4 Å². The lowest BCUT2D eigenvalue weighted by Gasteiger charge is -2.12. The van der Waals surface area contributed by atoms with Gasteiger partial charge in [-0.25, -0.2) is 9.69 Å². The van der Waals surface area contributed by atoms with E-state index in [1.54, 1.807) is 24.3 Å². The Kier molecular flexibility index (Phi) is 11.6. The van der Waals surface area contributed by atoms with Crippen LogP contribution in [0, 0.1) is 0 Å². The Hall–Kier alpha value is -3.73. The van der Waals surface area contributed by atoms with Crippen LogP contribution in [0.2, 0.25) is 0 Å². The number of amides is 2. The number of nitrogens with zero attached hydrogens (tertiary/aromatic N) is 1. The summed E-state index contributed by atoms with van der Waals surface area (Å²) in [4.78, 5) is 33.9. The fraction of sp³-hybridized carbons (Fsp3) is 0.160. The highest BCUT2D eigenvalue weighted by molar-refractivity contribution is 6.28. The molecule has 0 saturated heterocycles. The molecule has 0 spiro atoms. The number of esters is 1. The van der Waals surface area contributed by atoms with E-state index in [1.807, 2.05) is 49.4 Å². The minimum Gasteiger partial charge on any atom is -0.463 e. The normalized spacial score (nSPS) is 11.6. The van der Waals surface area contributed by atoms with Crippen molar-refractivity contribution in [3.05, 3.63) is 97.6 Å². The van der Waals surface area contributed by atoms with Crippen molar-refractivity contribution < 1.29 is 19.1 Å². The van der Waals surface area contributed by atoms with Gasteiger partial charge < -0.3 is 4.74 Å². The molecule has 0 atom stereocenters. The van der Waals surface area contributed by atoms with Crippen LogP contribution in [0.3, 0.4) is 0 Å². The molecular weight excluding hydrogens is 378 g/mol. The molecule has 1 aliphatic heterocycles. The number of rotatable bonds is 6. The lowest BCUT2D eigenvalue weighted by Crippen LogP contribution is -2.29. The second-order valence-electron chi connectivity index (χ2n) is 6.02. The van der Waals surface area contributed by atoms with Crippen LogP contribution in [0.1, 0.15) is 25.3 Å². The summed E-state index contributed by atoms with van der Waals surface area (Å²) in [5.74, 6) is -0.893. The summed E-state index contributed by atoms with van der Waals surface area (Å²) in [6.45, 7) is 9.45. The van der Waals surface area contributed by atoms with Gasteiger partial charge in [-0.15, -0.1) is 0 Å². The van der Waals surface area contributed by atoms with Gasteiger partial charge in [0.05, 0.1) is 12.3 Å². The molecule has 2 aromatic carbocycles. The van der Waals surface area contributed by atoms with Crippen LogP contribution in [0.25, 0.3) is 6.08 Å². The summed E-state index contributed by atoms with van der Waals surface area (Å²) in [7, 11) is 0. The van der Waals surface area contributed by atoms with Crippen molar-refractivity contribution in [1.29, 1.82) is 0 Å². The number of hydrogen-bond acceptors (Lipinski definition) is 4. The van der Waals surface area contributed by atoms with Gasteiger partial charge in [0.25, 0.3) is 11.8 Å². The van der Waals surface area contributed by atoms with Gasteiger partial charge in [0.1, 0.15) is 0 Å². The summed E-state index contributed by atoms with van der Waals surface area (Å²) in [6, 6.07) is 18.9. The summed E-state index contributed by atoms with van der Waals surface area (Å²) in [5, 5.41) is 0. The highest BCUT2D eigenvalue weighted by atomic mass is 16.5. The summed E-state index contributed by atoms with van der Waals surface area (Å²) >= 11 is 0. The van der Waals surface area contributed by atoms with E-state index in [9.17, 15) is 14.4 Å². The van der Waals surface area contributed by atoms with Crippen molar-refractivity contribution in [3.8, 4) is 0 Å². The Morgan fingerprint density at radius 3 is 1.90 bits per heavy atom. The average Bonchev–Trinajstić information content (AvgIpc) is 3.13. The highest BCUT2D eigenvalue weighted by Gasteiger charge is 2.24. The number of unbranched alkanes of at least 4 members (excludes halogenated alkanes) is 1. The number of carbonyl (C=O) groups excluding carboxylic acids is 3. The SMILES string of the molecule is C=CC(=O)OCCCC.C=Cc1ccccc1.O=C1C=CC(=O)N1c1ccccc1. The molecule has 0 unspecified atom stereocenters. The number of hydrogen-bond donors (Lipinski definition) is 0. The summed E-state index contributed by atoms with van der Waals surface area (Å²) in [5.41, 5.74) is 1.79. The number of imide groups is 1. The fourth-order valence-electron chi connectivity index (χ4n) is 2.20. The Labute approximate surface area is 178 Å². The van der Waals surface area contributed by atoms with E-state index in [2.05, 4.69) is 17.9 Å². The molecule has 1 aliphatic rings. The minimum absolute atomic E-state index is 0.281. The largest absolute Gasteiger partial charge is 0.463 e. The number of para-hydroxylation sites is 1. The third kappa shape index (κ3) is 8.97. The molecule has 1 heterocycles. The molecule has 156 valence electrons. The van der Waals surface area contributed by atoms with E-state index in [-0.39, 0.29) is 17.8 Å². The first-order valence-electron chi connectivity index (χ1n) is 9.61. The van der Waals surface area contributed by atoms with Crippen LogP contribution < -0.4 is 4.90 Å². The molecule has 0 aromatic heterocycles. The van der Waals surface area contributed by atoms with E-state index < -0.39 is 0 Å². The monoisotopic (exact) mass is 405 g/mol. The van der Waals surface area contributed by atoms with Gasteiger partial charge in [0.2, 0.25) is 0 Å². The van der Waals surface area contributed by atoms with E-state index in [0.717, 1.165) is 17.7 Å². The van der Waals surface area contributed by atoms with Gasteiger partial charge in [0, 0.05) is 18.2 Å². The van der Waals surface area contributed by atoms with Gasteiger partial charge in [0.15, 0.2) is 0 Å². The number of benzene rings is 2. The fourth-order valence-corrected chi connectivity index (χ4v) is 2.20. The molecule has 30 heavy (non-hydrogen) atoms. The first kappa shape index (κ1) is 24.3. The highest BCUT2D eigenvalue weighted by Crippen LogP contribution is 2.17. The molecule has 5 heteroatoms. The molecule has 0 radical (unpaired) electrons. The molecule has 3 rings (SSSR count). The van der Waals surface area contributed by atoms with Crippen LogP contribution >= 0.6 is 0 Å². The van der Waals surface area contributed by atoms with Crippen LogP contribution in [0.4, 0.5) is 5.69 Å². The third-order valence-electron chi connectivity index (χ3n) is 3.77. The first-order chi connectivity index (χ1) is 14.5. The predicted molar refractivity (Wildman–Crippen MR) is 121 cm³/mol. The van der Waals surface area contributed by atoms with Crippen molar-refractivity contribution in [2.45, 2.75) is 19.8 Å². The zero-order chi connectivity index (χ0) is 22.2. The molecule has 0 aliphatic carbocycles. The quantitative estimate of drug-likeness (QED) is 0.295. The topological polar surface area (TPSA) is 63.7 Å². The van der Waals surface area contributed by atoms with Gasteiger partial charge >= 0.3 is 5.97 Å². The Morgan fingerprint density at radius 1 is 0.933 bits per heavy atom. The summed E-state index contributed by atoms with van der Waals surface area (Å²) < 4.78 is 4.67. The number of anilines is 1. The molecule has 2 amide bonds. The molecule has 0 bridgehead atoms. The maximum absolute atomic E-state index is 11.2. The van der Waals surface area contributed by atoms with Crippen molar-refractivity contribution >= 4 is 29.5 Å². The molecule has 0 saturated carbocycles. The lowest BCUT2D eigenvalue weighted by atomic mass is 10.2. The van der Waals surface area contributed by atoms with Crippen LogP contribution in [0.15, 0.2) is 92.0 Å². The molecule has 5 nitrogen and oxygen atoms in total. The Bertz CT molecular complexity index is 839.